The summed E-state index contributed by atoms with van der Waals surface area (Å²) < 4.78 is 21.7. The molecule has 0 aliphatic heterocycles. The molecule has 0 saturated carbocycles. The number of hydrogen-bond donors (Lipinski definition) is 0. The number of carbonyl (C=O) groups excluding carboxylic acids is 1. The van der Waals surface area contributed by atoms with Gasteiger partial charge in [0.25, 0.3) is 0 Å². The lowest BCUT2D eigenvalue weighted by Crippen LogP contribution is -2.08. The molecule has 24 heavy (non-hydrogen) atoms. The first kappa shape index (κ1) is 18.1. The Morgan fingerprint density at radius 3 is 2.17 bits per heavy atom. The van der Waals surface area contributed by atoms with E-state index in [1.54, 1.807) is 33.5 Å². The Bertz CT molecular complexity index is 697. The van der Waals surface area contributed by atoms with Gasteiger partial charge < -0.3 is 18.9 Å². The van der Waals surface area contributed by atoms with E-state index >= 15 is 0 Å². The Morgan fingerprint density at radius 1 is 0.958 bits per heavy atom. The predicted molar refractivity (Wildman–Crippen MR) is 93.7 cm³/mol. The third kappa shape index (κ3) is 4.64. The topological polar surface area (TPSA) is 54.0 Å². The van der Waals surface area contributed by atoms with Crippen molar-refractivity contribution in [3.05, 3.63) is 52.0 Å². The maximum Gasteiger partial charge on any atom is 0.310 e. The number of benzene rings is 2. The van der Waals surface area contributed by atoms with Crippen molar-refractivity contribution >= 4 is 21.9 Å². The smallest absolute Gasteiger partial charge is 0.310 e. The number of carbonyl (C=O) groups is 1. The zero-order valence-corrected chi connectivity index (χ0v) is 15.4. The van der Waals surface area contributed by atoms with Gasteiger partial charge in [-0.3, -0.25) is 4.79 Å². The van der Waals surface area contributed by atoms with Gasteiger partial charge >= 0.3 is 5.97 Å². The monoisotopic (exact) mass is 394 g/mol. The summed E-state index contributed by atoms with van der Waals surface area (Å²) in [6, 6.07) is 10.9. The van der Waals surface area contributed by atoms with Gasteiger partial charge in [-0.1, -0.05) is 28.1 Å². The summed E-state index contributed by atoms with van der Waals surface area (Å²) in [7, 11) is 4.73. The van der Waals surface area contributed by atoms with Crippen molar-refractivity contribution in [1.29, 1.82) is 0 Å². The maximum atomic E-state index is 12.0. The minimum atomic E-state index is -0.304. The summed E-state index contributed by atoms with van der Waals surface area (Å²) >= 11 is 3.44. The average Bonchev–Trinajstić information content (AvgIpc) is 2.61. The first-order chi connectivity index (χ1) is 11.6. The number of rotatable bonds is 7. The second kappa shape index (κ2) is 8.59. The van der Waals surface area contributed by atoms with Gasteiger partial charge in [-0.15, -0.1) is 0 Å². The number of halogens is 1. The molecule has 0 aliphatic rings. The van der Waals surface area contributed by atoms with Crippen LogP contribution in [-0.2, 0) is 22.6 Å². The van der Waals surface area contributed by atoms with E-state index in [9.17, 15) is 4.79 Å². The zero-order chi connectivity index (χ0) is 17.5. The quantitative estimate of drug-likeness (QED) is 0.669. The van der Waals surface area contributed by atoms with Crippen LogP contribution in [-0.4, -0.2) is 27.3 Å². The summed E-state index contributed by atoms with van der Waals surface area (Å²) in [6.45, 7) is 0.149. The molecule has 128 valence electrons. The lowest BCUT2D eigenvalue weighted by Gasteiger charge is -2.12. The Morgan fingerprint density at radius 2 is 1.58 bits per heavy atom. The van der Waals surface area contributed by atoms with Gasteiger partial charge in [0.2, 0.25) is 0 Å². The van der Waals surface area contributed by atoms with Crippen LogP contribution < -0.4 is 14.2 Å². The molecule has 6 heteroatoms. The second-order valence-electron chi connectivity index (χ2n) is 4.98. The SMILES string of the molecule is COc1ccc(CC(=O)OCc2cc(OC)c(OC)cc2Br)cc1. The van der Waals surface area contributed by atoms with E-state index in [0.717, 1.165) is 21.3 Å². The molecule has 0 amide bonds. The van der Waals surface area contributed by atoms with Crippen molar-refractivity contribution in [2.75, 3.05) is 21.3 Å². The van der Waals surface area contributed by atoms with Crippen LogP contribution in [0.25, 0.3) is 0 Å². The number of hydrogen-bond acceptors (Lipinski definition) is 5. The highest BCUT2D eigenvalue weighted by Crippen LogP contribution is 2.33. The molecule has 2 aromatic carbocycles. The highest BCUT2D eigenvalue weighted by molar-refractivity contribution is 9.10. The summed E-state index contributed by atoms with van der Waals surface area (Å²) in [5.74, 6) is 1.64. The van der Waals surface area contributed by atoms with Crippen LogP contribution in [0.1, 0.15) is 11.1 Å². The molecule has 2 aromatic rings. The van der Waals surface area contributed by atoms with Crippen molar-refractivity contribution in [3.63, 3.8) is 0 Å². The van der Waals surface area contributed by atoms with Gasteiger partial charge in [0.1, 0.15) is 12.4 Å². The molecular weight excluding hydrogens is 376 g/mol. The van der Waals surface area contributed by atoms with Crippen LogP contribution in [0, 0.1) is 0 Å². The van der Waals surface area contributed by atoms with E-state index in [-0.39, 0.29) is 19.0 Å². The van der Waals surface area contributed by atoms with Crippen LogP contribution in [0.5, 0.6) is 17.2 Å². The van der Waals surface area contributed by atoms with E-state index < -0.39 is 0 Å². The summed E-state index contributed by atoms with van der Waals surface area (Å²) in [5, 5.41) is 0. The first-order valence-electron chi connectivity index (χ1n) is 7.26. The molecule has 0 heterocycles. The van der Waals surface area contributed by atoms with Crippen molar-refractivity contribution in [1.82, 2.24) is 0 Å². The second-order valence-corrected chi connectivity index (χ2v) is 5.84. The van der Waals surface area contributed by atoms with Crippen molar-refractivity contribution in [3.8, 4) is 17.2 Å². The third-order valence-electron chi connectivity index (χ3n) is 3.45. The Balaban J connectivity index is 1.98. The fraction of sp³-hybridized carbons (Fsp3) is 0.278. The average molecular weight is 395 g/mol. The van der Waals surface area contributed by atoms with E-state index in [0.29, 0.717) is 11.5 Å². The third-order valence-corrected chi connectivity index (χ3v) is 4.19. The van der Waals surface area contributed by atoms with Crippen LogP contribution in [0.2, 0.25) is 0 Å². The number of esters is 1. The van der Waals surface area contributed by atoms with Crippen LogP contribution in [0.3, 0.4) is 0 Å². The number of methoxy groups -OCH3 is 3. The Hall–Kier alpha value is -2.21. The van der Waals surface area contributed by atoms with E-state index in [4.69, 9.17) is 18.9 Å². The Labute approximate surface area is 149 Å². The van der Waals surface area contributed by atoms with Gasteiger partial charge in [0.05, 0.1) is 27.8 Å². The molecule has 0 aromatic heterocycles. The maximum absolute atomic E-state index is 12.0. The zero-order valence-electron chi connectivity index (χ0n) is 13.8. The molecule has 0 saturated heterocycles. The first-order valence-corrected chi connectivity index (χ1v) is 8.05. The molecular formula is C18H19BrO5. The molecule has 5 nitrogen and oxygen atoms in total. The molecule has 0 fully saturated rings. The lowest BCUT2D eigenvalue weighted by molar-refractivity contribution is -0.144. The number of ether oxygens (including phenoxy) is 4. The fourth-order valence-electron chi connectivity index (χ4n) is 2.13. The van der Waals surface area contributed by atoms with Gasteiger partial charge in [-0.25, -0.2) is 0 Å². The molecule has 0 bridgehead atoms. The lowest BCUT2D eigenvalue weighted by atomic mass is 10.1. The minimum absolute atomic E-state index is 0.149. The Kier molecular flexibility index (Phi) is 6.49. The van der Waals surface area contributed by atoms with Crippen LogP contribution >= 0.6 is 15.9 Å². The molecule has 0 aliphatic carbocycles. The van der Waals surface area contributed by atoms with Crippen molar-refractivity contribution in [2.24, 2.45) is 0 Å². The van der Waals surface area contributed by atoms with Crippen molar-refractivity contribution in [2.45, 2.75) is 13.0 Å². The van der Waals surface area contributed by atoms with Crippen LogP contribution in [0.4, 0.5) is 0 Å². The standard InChI is InChI=1S/C18H19BrO5/c1-21-14-6-4-12(5-7-14)8-18(20)24-11-13-9-16(22-2)17(23-3)10-15(13)19/h4-7,9-10H,8,11H2,1-3H3. The summed E-state index contributed by atoms with van der Waals surface area (Å²) in [4.78, 5) is 12.0. The molecule has 0 radical (unpaired) electrons. The molecule has 0 unspecified atom stereocenters. The van der Waals surface area contributed by atoms with Crippen molar-refractivity contribution < 1.29 is 23.7 Å². The van der Waals surface area contributed by atoms with E-state index in [1.165, 1.54) is 0 Å². The van der Waals surface area contributed by atoms with Gasteiger partial charge in [-0.2, -0.15) is 0 Å². The highest BCUT2D eigenvalue weighted by Gasteiger charge is 2.12. The molecule has 2 rings (SSSR count). The van der Waals surface area contributed by atoms with Gasteiger partial charge in [-0.05, 0) is 29.8 Å². The molecule has 0 atom stereocenters. The fourth-order valence-corrected chi connectivity index (χ4v) is 2.56. The normalized spacial score (nSPS) is 10.2. The molecule has 0 spiro atoms. The van der Waals surface area contributed by atoms with Gasteiger partial charge in [0, 0.05) is 10.0 Å². The summed E-state index contributed by atoms with van der Waals surface area (Å²) in [6.07, 6.45) is 0.203. The predicted octanol–water partition coefficient (Wildman–Crippen LogP) is 3.76. The highest BCUT2D eigenvalue weighted by atomic mass is 79.9. The largest absolute Gasteiger partial charge is 0.497 e. The minimum Gasteiger partial charge on any atom is -0.497 e. The van der Waals surface area contributed by atoms with Crippen LogP contribution in [0.15, 0.2) is 40.9 Å². The summed E-state index contributed by atoms with van der Waals surface area (Å²) in [5.41, 5.74) is 1.67. The van der Waals surface area contributed by atoms with Gasteiger partial charge in [0.15, 0.2) is 11.5 Å². The molecule has 0 N–H and O–H groups in total. The van der Waals surface area contributed by atoms with E-state index in [1.807, 2.05) is 24.3 Å². The van der Waals surface area contributed by atoms with E-state index in [2.05, 4.69) is 15.9 Å².